The highest BCUT2D eigenvalue weighted by Crippen LogP contribution is 2.13. The second kappa shape index (κ2) is 7.97. The molecule has 1 aromatic heterocycles. The van der Waals surface area contributed by atoms with E-state index >= 15 is 0 Å². The Morgan fingerprint density at radius 1 is 1.33 bits per heavy atom. The molecule has 1 saturated heterocycles. The van der Waals surface area contributed by atoms with E-state index in [2.05, 4.69) is 27.6 Å². The van der Waals surface area contributed by atoms with Crippen LogP contribution in [0.5, 0.6) is 0 Å². The van der Waals surface area contributed by atoms with Crippen molar-refractivity contribution < 1.29 is 4.79 Å². The summed E-state index contributed by atoms with van der Waals surface area (Å²) in [6.45, 7) is 5.75. The fraction of sp³-hybridized carbons (Fsp3) is 0.444. The van der Waals surface area contributed by atoms with Crippen LogP contribution in [0.4, 0.5) is 4.79 Å². The first-order chi connectivity index (χ1) is 11.8. The van der Waals surface area contributed by atoms with Gasteiger partial charge in [0.15, 0.2) is 0 Å². The van der Waals surface area contributed by atoms with E-state index in [1.807, 2.05) is 41.2 Å². The summed E-state index contributed by atoms with van der Waals surface area (Å²) in [5.41, 5.74) is 2.02. The van der Waals surface area contributed by atoms with Crippen molar-refractivity contribution in [3.05, 3.63) is 48.3 Å². The zero-order valence-electron chi connectivity index (χ0n) is 14.1. The smallest absolute Gasteiger partial charge is 0.315 e. The van der Waals surface area contributed by atoms with Crippen molar-refractivity contribution in [2.75, 3.05) is 19.6 Å². The molecule has 2 heterocycles. The molecule has 1 unspecified atom stereocenters. The van der Waals surface area contributed by atoms with E-state index in [4.69, 9.17) is 0 Å². The first-order valence-corrected chi connectivity index (χ1v) is 8.61. The fourth-order valence-corrected chi connectivity index (χ4v) is 3.17. The molecule has 24 heavy (non-hydrogen) atoms. The molecule has 0 saturated carbocycles. The largest absolute Gasteiger partial charge is 0.334 e. The lowest BCUT2D eigenvalue weighted by Crippen LogP contribution is -2.50. The van der Waals surface area contributed by atoms with E-state index in [0.29, 0.717) is 6.54 Å². The Morgan fingerprint density at radius 3 is 3.00 bits per heavy atom. The summed E-state index contributed by atoms with van der Waals surface area (Å²) < 4.78 is 1.81. The first-order valence-electron chi connectivity index (χ1n) is 8.61. The minimum Gasteiger partial charge on any atom is -0.334 e. The maximum Gasteiger partial charge on any atom is 0.315 e. The second-order valence-electron chi connectivity index (χ2n) is 6.14. The number of para-hydroxylation sites is 1. The lowest BCUT2D eigenvalue weighted by atomic mass is 10.1. The zero-order chi connectivity index (χ0) is 16.8. The summed E-state index contributed by atoms with van der Waals surface area (Å²) in [7, 11) is 0. The van der Waals surface area contributed by atoms with E-state index in [0.717, 1.165) is 43.7 Å². The molecule has 0 radical (unpaired) electrons. The lowest BCUT2D eigenvalue weighted by molar-refractivity contribution is 0.192. The molecule has 2 N–H and O–H groups in total. The first kappa shape index (κ1) is 16.5. The number of rotatable bonds is 5. The van der Waals surface area contributed by atoms with Gasteiger partial charge in [0.2, 0.25) is 0 Å². The molecule has 1 atom stereocenters. The molecule has 128 valence electrons. The number of aromatic nitrogens is 2. The molecule has 1 aromatic carbocycles. The van der Waals surface area contributed by atoms with Crippen LogP contribution in [0.25, 0.3) is 5.69 Å². The number of likely N-dealkylation sites (tertiary alicyclic amines) is 1. The number of amides is 2. The van der Waals surface area contributed by atoms with E-state index in [9.17, 15) is 4.79 Å². The van der Waals surface area contributed by atoms with Gasteiger partial charge >= 0.3 is 6.03 Å². The Morgan fingerprint density at radius 2 is 2.21 bits per heavy atom. The molecule has 0 bridgehead atoms. The molecule has 3 rings (SSSR count). The van der Waals surface area contributed by atoms with Crippen molar-refractivity contribution in [2.45, 2.75) is 32.4 Å². The molecule has 1 fully saturated rings. The van der Waals surface area contributed by atoms with Crippen LogP contribution in [-0.4, -0.2) is 46.4 Å². The number of nitrogens with one attached hydrogen (secondary N) is 2. The number of piperidine rings is 1. The SMILES string of the molecule is CCN1CCCC(NC(=O)NCc2ccccc2-n2cccn2)C1. The monoisotopic (exact) mass is 327 g/mol. The maximum absolute atomic E-state index is 12.2. The van der Waals surface area contributed by atoms with E-state index in [-0.39, 0.29) is 12.1 Å². The van der Waals surface area contributed by atoms with Gasteiger partial charge < -0.3 is 15.5 Å². The van der Waals surface area contributed by atoms with Crippen LogP contribution < -0.4 is 10.6 Å². The van der Waals surface area contributed by atoms with Crippen molar-refractivity contribution >= 4 is 6.03 Å². The molecule has 1 aliphatic rings. The van der Waals surface area contributed by atoms with Gasteiger partial charge in [-0.05, 0) is 43.6 Å². The fourth-order valence-electron chi connectivity index (χ4n) is 3.17. The normalized spacial score (nSPS) is 18.3. The molecule has 6 nitrogen and oxygen atoms in total. The summed E-state index contributed by atoms with van der Waals surface area (Å²) >= 11 is 0. The van der Waals surface area contributed by atoms with Crippen molar-refractivity contribution in [2.24, 2.45) is 0 Å². The van der Waals surface area contributed by atoms with Crippen LogP contribution in [0.2, 0.25) is 0 Å². The van der Waals surface area contributed by atoms with E-state index in [1.165, 1.54) is 0 Å². The summed E-state index contributed by atoms with van der Waals surface area (Å²) in [5.74, 6) is 0. The van der Waals surface area contributed by atoms with Gasteiger partial charge in [-0.3, -0.25) is 0 Å². The molecule has 1 aliphatic heterocycles. The third kappa shape index (κ3) is 4.14. The molecule has 2 aromatic rings. The third-order valence-corrected chi connectivity index (χ3v) is 4.47. The highest BCUT2D eigenvalue weighted by Gasteiger charge is 2.20. The molecule has 6 heteroatoms. The highest BCUT2D eigenvalue weighted by atomic mass is 16.2. The zero-order valence-corrected chi connectivity index (χ0v) is 14.1. The lowest BCUT2D eigenvalue weighted by Gasteiger charge is -2.32. The van der Waals surface area contributed by atoms with Crippen molar-refractivity contribution in [3.63, 3.8) is 0 Å². The van der Waals surface area contributed by atoms with Crippen LogP contribution in [0.3, 0.4) is 0 Å². The predicted octanol–water partition coefficient (Wildman–Crippen LogP) is 2.16. The molecule has 0 spiro atoms. The van der Waals surface area contributed by atoms with Crippen molar-refractivity contribution in [3.8, 4) is 5.69 Å². The summed E-state index contributed by atoms with van der Waals surface area (Å²) in [4.78, 5) is 14.6. The van der Waals surface area contributed by atoms with Gasteiger partial charge in [-0.2, -0.15) is 5.10 Å². The summed E-state index contributed by atoms with van der Waals surface area (Å²) in [6, 6.07) is 9.98. The molecule has 0 aliphatic carbocycles. The van der Waals surface area contributed by atoms with Gasteiger partial charge in [-0.25, -0.2) is 9.48 Å². The predicted molar refractivity (Wildman–Crippen MR) is 94.1 cm³/mol. The van der Waals surface area contributed by atoms with Crippen molar-refractivity contribution in [1.29, 1.82) is 0 Å². The Labute approximate surface area is 142 Å². The van der Waals surface area contributed by atoms with Crippen LogP contribution in [-0.2, 0) is 6.54 Å². The average molecular weight is 327 g/mol. The minimum absolute atomic E-state index is 0.103. The number of benzene rings is 1. The van der Waals surface area contributed by atoms with Crippen LogP contribution in [0, 0.1) is 0 Å². The number of hydrogen-bond donors (Lipinski definition) is 2. The maximum atomic E-state index is 12.2. The number of hydrogen-bond acceptors (Lipinski definition) is 3. The van der Waals surface area contributed by atoms with Gasteiger partial charge in [-0.15, -0.1) is 0 Å². The Bertz CT molecular complexity index is 655. The van der Waals surface area contributed by atoms with Crippen LogP contribution >= 0.6 is 0 Å². The van der Waals surface area contributed by atoms with Gasteiger partial charge in [0.25, 0.3) is 0 Å². The van der Waals surface area contributed by atoms with Crippen molar-refractivity contribution in [1.82, 2.24) is 25.3 Å². The number of nitrogens with zero attached hydrogens (tertiary/aromatic N) is 3. The van der Waals surface area contributed by atoms with Gasteiger partial charge in [-0.1, -0.05) is 25.1 Å². The Hall–Kier alpha value is -2.34. The number of likely N-dealkylation sites (N-methyl/N-ethyl adjacent to an activating group) is 1. The summed E-state index contributed by atoms with van der Waals surface area (Å²) in [6.07, 6.45) is 5.84. The topological polar surface area (TPSA) is 62.2 Å². The number of urea groups is 1. The van der Waals surface area contributed by atoms with Crippen LogP contribution in [0.1, 0.15) is 25.3 Å². The minimum atomic E-state index is -0.103. The number of carbonyl (C=O) groups excluding carboxylic acids is 1. The molecular formula is C18H25N5O. The van der Waals surface area contributed by atoms with Gasteiger partial charge in [0.1, 0.15) is 0 Å². The quantitative estimate of drug-likeness (QED) is 0.884. The van der Waals surface area contributed by atoms with Crippen LogP contribution in [0.15, 0.2) is 42.7 Å². The standard InChI is InChI=1S/C18H25N5O/c1-2-22-11-5-8-16(14-22)21-18(24)19-13-15-7-3-4-9-17(15)23-12-6-10-20-23/h3-4,6-7,9-10,12,16H,2,5,8,11,13-14H2,1H3,(H2,19,21,24). The Balaban J connectivity index is 1.55. The highest BCUT2D eigenvalue weighted by molar-refractivity contribution is 5.74. The summed E-state index contributed by atoms with van der Waals surface area (Å²) in [5, 5.41) is 10.3. The third-order valence-electron chi connectivity index (χ3n) is 4.47. The molecule has 2 amide bonds. The second-order valence-corrected chi connectivity index (χ2v) is 6.14. The average Bonchev–Trinajstić information content (AvgIpc) is 3.15. The van der Waals surface area contributed by atoms with Gasteiger partial charge in [0.05, 0.1) is 5.69 Å². The van der Waals surface area contributed by atoms with E-state index in [1.54, 1.807) is 6.20 Å². The van der Waals surface area contributed by atoms with E-state index < -0.39 is 0 Å². The van der Waals surface area contributed by atoms with Gasteiger partial charge in [0, 0.05) is 31.5 Å². The Kier molecular flexibility index (Phi) is 5.48. The number of carbonyl (C=O) groups is 1. The molecular weight excluding hydrogens is 302 g/mol.